The number of thiophene rings is 1. The van der Waals surface area contributed by atoms with Crippen LogP contribution in [0.4, 0.5) is 5.69 Å². The lowest BCUT2D eigenvalue weighted by Gasteiger charge is -2.39. The number of amides is 1. The zero-order valence-electron chi connectivity index (χ0n) is 17.4. The van der Waals surface area contributed by atoms with Crippen molar-refractivity contribution in [3.8, 4) is 0 Å². The van der Waals surface area contributed by atoms with Gasteiger partial charge in [-0.15, -0.1) is 11.3 Å². The first-order valence-electron chi connectivity index (χ1n) is 9.86. The van der Waals surface area contributed by atoms with Gasteiger partial charge in [-0.1, -0.05) is 32.0 Å². The average Bonchev–Trinajstić information content (AvgIpc) is 3.24. The summed E-state index contributed by atoms with van der Waals surface area (Å²) in [5, 5.41) is 1.72. The summed E-state index contributed by atoms with van der Waals surface area (Å²) in [6.07, 6.45) is 0. The molecule has 0 unspecified atom stereocenters. The third-order valence-corrected chi connectivity index (χ3v) is 8.32. The third-order valence-electron chi connectivity index (χ3n) is 5.48. The van der Waals surface area contributed by atoms with Crippen LogP contribution in [-0.4, -0.2) is 51.4 Å². The Labute approximate surface area is 177 Å². The van der Waals surface area contributed by atoms with Gasteiger partial charge >= 0.3 is 0 Å². The van der Waals surface area contributed by atoms with Crippen LogP contribution in [0.3, 0.4) is 0 Å². The van der Waals surface area contributed by atoms with E-state index < -0.39 is 16.1 Å². The number of piperazine rings is 1. The molecule has 1 fully saturated rings. The second kappa shape index (κ2) is 8.85. The summed E-state index contributed by atoms with van der Waals surface area (Å²) in [5.41, 5.74) is 3.72. The van der Waals surface area contributed by atoms with Gasteiger partial charge in [-0.25, -0.2) is 8.42 Å². The lowest BCUT2D eigenvalue weighted by Crippen LogP contribution is -2.56. The van der Waals surface area contributed by atoms with Crippen LogP contribution in [-0.2, 0) is 14.8 Å². The number of carbonyl (C=O) groups is 1. The van der Waals surface area contributed by atoms with E-state index in [1.807, 2.05) is 13.8 Å². The minimum Gasteiger partial charge on any atom is -0.368 e. The van der Waals surface area contributed by atoms with Crippen LogP contribution in [0.1, 0.15) is 25.0 Å². The largest absolute Gasteiger partial charge is 0.368 e. The van der Waals surface area contributed by atoms with E-state index in [0.29, 0.717) is 13.1 Å². The molecule has 1 saturated heterocycles. The molecule has 8 heteroatoms. The van der Waals surface area contributed by atoms with Crippen LogP contribution in [0, 0.1) is 19.8 Å². The fraction of sp³-hybridized carbons (Fsp3) is 0.476. The van der Waals surface area contributed by atoms with Crippen LogP contribution in [0.15, 0.2) is 39.9 Å². The van der Waals surface area contributed by atoms with Gasteiger partial charge in [-0.05, 0) is 48.4 Å². The van der Waals surface area contributed by atoms with Crippen molar-refractivity contribution in [2.24, 2.45) is 5.92 Å². The van der Waals surface area contributed by atoms with Gasteiger partial charge in [0.1, 0.15) is 10.3 Å². The molecule has 0 radical (unpaired) electrons. The molecule has 0 spiro atoms. The van der Waals surface area contributed by atoms with Gasteiger partial charge in [0.05, 0.1) is 0 Å². The number of rotatable bonds is 6. The van der Waals surface area contributed by atoms with Gasteiger partial charge in [-0.3, -0.25) is 4.79 Å². The molecule has 1 atom stereocenters. The maximum atomic E-state index is 13.1. The summed E-state index contributed by atoms with van der Waals surface area (Å²) in [6, 6.07) is 8.76. The van der Waals surface area contributed by atoms with E-state index in [2.05, 4.69) is 41.7 Å². The Morgan fingerprint density at radius 1 is 1.07 bits per heavy atom. The molecule has 0 saturated carbocycles. The molecule has 0 bridgehead atoms. The minimum absolute atomic E-state index is 0.144. The molecule has 1 amide bonds. The maximum absolute atomic E-state index is 13.1. The number of hydrogen-bond acceptors (Lipinski definition) is 5. The first kappa shape index (κ1) is 21.8. The molecule has 6 nitrogen and oxygen atoms in total. The lowest BCUT2D eigenvalue weighted by molar-refractivity contribution is -0.134. The van der Waals surface area contributed by atoms with Crippen LogP contribution in [0.5, 0.6) is 0 Å². The quantitative estimate of drug-likeness (QED) is 0.757. The molecule has 1 N–H and O–H groups in total. The second-order valence-corrected chi connectivity index (χ2v) is 10.7. The van der Waals surface area contributed by atoms with Crippen molar-refractivity contribution >= 4 is 33.0 Å². The Balaban J connectivity index is 1.68. The number of carbonyl (C=O) groups excluding carboxylic acids is 1. The topological polar surface area (TPSA) is 69.7 Å². The molecule has 158 valence electrons. The highest BCUT2D eigenvalue weighted by Gasteiger charge is 2.33. The normalized spacial score (nSPS) is 16.3. The minimum atomic E-state index is -3.70. The van der Waals surface area contributed by atoms with Crippen molar-refractivity contribution in [1.29, 1.82) is 0 Å². The SMILES string of the molecule is Cc1cccc(N2CCN(C(=O)[C@@H](NS(=O)(=O)c3cccs3)C(C)C)CC2)c1C. The Kier molecular flexibility index (Phi) is 6.65. The highest BCUT2D eigenvalue weighted by Crippen LogP contribution is 2.24. The number of sulfonamides is 1. The van der Waals surface area contributed by atoms with E-state index in [4.69, 9.17) is 0 Å². The molecule has 1 aromatic heterocycles. The van der Waals surface area contributed by atoms with Gasteiger partial charge in [0, 0.05) is 31.9 Å². The molecule has 1 aliphatic rings. The molecule has 3 rings (SSSR count). The standard InChI is InChI=1S/C21H29N3O3S2/c1-15(2)20(22-29(26,27)19-9-6-14-28-19)21(25)24-12-10-23(11-13-24)18-8-5-7-16(3)17(18)4/h5-9,14-15,20,22H,10-13H2,1-4H3/t20-/m0/s1. The summed E-state index contributed by atoms with van der Waals surface area (Å²) in [5.74, 6) is -0.296. The van der Waals surface area contributed by atoms with E-state index in [-0.39, 0.29) is 16.0 Å². The van der Waals surface area contributed by atoms with E-state index >= 15 is 0 Å². The molecule has 2 aromatic rings. The fourth-order valence-corrected chi connectivity index (χ4v) is 5.90. The van der Waals surface area contributed by atoms with Crippen molar-refractivity contribution in [3.63, 3.8) is 0 Å². The van der Waals surface area contributed by atoms with Crippen molar-refractivity contribution in [1.82, 2.24) is 9.62 Å². The highest BCUT2D eigenvalue weighted by atomic mass is 32.2. The molecule has 1 aromatic carbocycles. The average molecular weight is 436 g/mol. The Morgan fingerprint density at radius 3 is 2.34 bits per heavy atom. The number of hydrogen-bond donors (Lipinski definition) is 1. The Hall–Kier alpha value is -1.90. The Morgan fingerprint density at radius 2 is 1.76 bits per heavy atom. The molecule has 2 heterocycles. The van der Waals surface area contributed by atoms with Gasteiger partial charge < -0.3 is 9.80 Å². The van der Waals surface area contributed by atoms with E-state index in [1.54, 1.807) is 22.4 Å². The van der Waals surface area contributed by atoms with E-state index in [9.17, 15) is 13.2 Å². The van der Waals surface area contributed by atoms with Gasteiger partial charge in [-0.2, -0.15) is 4.72 Å². The lowest BCUT2D eigenvalue weighted by atomic mass is 10.0. The smallest absolute Gasteiger partial charge is 0.250 e. The fourth-order valence-electron chi connectivity index (χ4n) is 3.56. The van der Waals surface area contributed by atoms with E-state index in [1.165, 1.54) is 16.8 Å². The maximum Gasteiger partial charge on any atom is 0.250 e. The van der Waals surface area contributed by atoms with Crippen LogP contribution in [0.2, 0.25) is 0 Å². The number of nitrogens with zero attached hydrogens (tertiary/aromatic N) is 2. The number of benzene rings is 1. The van der Waals surface area contributed by atoms with Crippen molar-refractivity contribution in [2.45, 2.75) is 37.9 Å². The molecule has 0 aliphatic carbocycles. The van der Waals surface area contributed by atoms with Gasteiger partial charge in [0.2, 0.25) is 5.91 Å². The summed E-state index contributed by atoms with van der Waals surface area (Å²) in [7, 11) is -3.70. The number of anilines is 1. The molecule has 29 heavy (non-hydrogen) atoms. The molecular weight excluding hydrogens is 406 g/mol. The predicted octanol–water partition coefficient (Wildman–Crippen LogP) is 3.02. The second-order valence-electron chi connectivity index (χ2n) is 7.81. The first-order valence-corrected chi connectivity index (χ1v) is 12.2. The summed E-state index contributed by atoms with van der Waals surface area (Å²) in [4.78, 5) is 17.2. The highest BCUT2D eigenvalue weighted by molar-refractivity contribution is 7.91. The number of aryl methyl sites for hydroxylation is 1. The molecule has 1 aliphatic heterocycles. The van der Waals surface area contributed by atoms with Crippen LogP contribution in [0.25, 0.3) is 0 Å². The van der Waals surface area contributed by atoms with Crippen molar-refractivity contribution < 1.29 is 13.2 Å². The summed E-state index contributed by atoms with van der Waals surface area (Å²) >= 11 is 1.15. The zero-order chi connectivity index (χ0) is 21.2. The van der Waals surface area contributed by atoms with Crippen LogP contribution < -0.4 is 9.62 Å². The Bertz CT molecular complexity index is 948. The summed E-state index contributed by atoms with van der Waals surface area (Å²) < 4.78 is 28.1. The van der Waals surface area contributed by atoms with Crippen molar-refractivity contribution in [3.05, 3.63) is 46.8 Å². The monoisotopic (exact) mass is 435 g/mol. The van der Waals surface area contributed by atoms with Crippen LogP contribution >= 0.6 is 11.3 Å². The van der Waals surface area contributed by atoms with Gasteiger partial charge in [0.15, 0.2) is 0 Å². The predicted molar refractivity (Wildman–Crippen MR) is 118 cm³/mol. The number of nitrogens with one attached hydrogen (secondary N) is 1. The van der Waals surface area contributed by atoms with E-state index in [0.717, 1.165) is 24.4 Å². The molecular formula is C21H29N3O3S2. The van der Waals surface area contributed by atoms with Gasteiger partial charge in [0.25, 0.3) is 10.0 Å². The summed E-state index contributed by atoms with van der Waals surface area (Å²) in [6.45, 7) is 10.6. The first-order chi connectivity index (χ1) is 13.7. The van der Waals surface area contributed by atoms with Crippen molar-refractivity contribution in [2.75, 3.05) is 31.1 Å². The third kappa shape index (κ3) is 4.82. The zero-order valence-corrected chi connectivity index (χ0v) is 19.0.